The van der Waals surface area contributed by atoms with E-state index in [4.69, 9.17) is 4.74 Å². The average molecular weight is 293 g/mol. The van der Waals surface area contributed by atoms with Gasteiger partial charge in [-0.15, -0.1) is 11.8 Å². The Morgan fingerprint density at radius 1 is 1.50 bits per heavy atom. The molecule has 0 bridgehead atoms. The van der Waals surface area contributed by atoms with Gasteiger partial charge in [-0.2, -0.15) is 0 Å². The molecule has 0 aliphatic rings. The van der Waals surface area contributed by atoms with Crippen LogP contribution < -0.4 is 5.32 Å². The van der Waals surface area contributed by atoms with Crippen molar-refractivity contribution in [2.24, 2.45) is 5.92 Å². The zero-order valence-corrected chi connectivity index (χ0v) is 12.5. The molecular weight excluding hydrogens is 274 g/mol. The minimum absolute atomic E-state index is 0.347. The van der Waals surface area contributed by atoms with Gasteiger partial charge in [0, 0.05) is 24.7 Å². The number of thioether (sulfide) groups is 1. The van der Waals surface area contributed by atoms with Gasteiger partial charge in [-0.05, 0) is 18.1 Å². The van der Waals surface area contributed by atoms with Gasteiger partial charge in [0.25, 0.3) is 0 Å². The number of fused-ring (bicyclic) bond motifs is 1. The predicted octanol–water partition coefficient (Wildman–Crippen LogP) is 2.81. The third-order valence-corrected chi connectivity index (χ3v) is 3.60. The lowest BCUT2D eigenvalue weighted by molar-refractivity contribution is 0.133. The van der Waals surface area contributed by atoms with Crippen LogP contribution in [0.2, 0.25) is 0 Å². The van der Waals surface area contributed by atoms with Crippen molar-refractivity contribution in [1.82, 2.24) is 14.7 Å². The van der Waals surface area contributed by atoms with Gasteiger partial charge >= 0.3 is 6.09 Å². The summed E-state index contributed by atoms with van der Waals surface area (Å²) >= 11 is 1.67. The number of pyridine rings is 1. The largest absolute Gasteiger partial charge is 0.449 e. The van der Waals surface area contributed by atoms with Gasteiger partial charge in [-0.1, -0.05) is 19.9 Å². The Kier molecular flexibility index (Phi) is 5.29. The lowest BCUT2D eigenvalue weighted by atomic mass is 10.2. The zero-order valence-electron chi connectivity index (χ0n) is 11.7. The van der Waals surface area contributed by atoms with Gasteiger partial charge < -0.3 is 10.1 Å². The summed E-state index contributed by atoms with van der Waals surface area (Å²) < 4.78 is 7.07. The maximum Gasteiger partial charge on any atom is 0.407 e. The highest BCUT2D eigenvalue weighted by molar-refractivity contribution is 7.99. The molecular formula is C14H19N3O2S. The molecule has 2 rings (SSSR count). The molecule has 6 heteroatoms. The normalized spacial score (nSPS) is 10.9. The van der Waals surface area contributed by atoms with E-state index in [9.17, 15) is 4.79 Å². The summed E-state index contributed by atoms with van der Waals surface area (Å²) in [5.74, 6) is 1.14. The Bertz CT molecular complexity index is 568. The molecule has 0 spiro atoms. The highest BCUT2D eigenvalue weighted by Gasteiger charge is 2.04. The van der Waals surface area contributed by atoms with Crippen molar-refractivity contribution in [2.75, 3.05) is 18.9 Å². The van der Waals surface area contributed by atoms with Gasteiger partial charge in [0.2, 0.25) is 0 Å². The third kappa shape index (κ3) is 4.16. The Labute approximate surface area is 122 Å². The van der Waals surface area contributed by atoms with E-state index < -0.39 is 0 Å². The summed E-state index contributed by atoms with van der Waals surface area (Å²) in [5.41, 5.74) is 0.930. The number of carbonyl (C=O) groups excluding carboxylic acids is 1. The van der Waals surface area contributed by atoms with Crippen molar-refractivity contribution >= 4 is 23.5 Å². The minimum Gasteiger partial charge on any atom is -0.449 e. The van der Waals surface area contributed by atoms with Crippen molar-refractivity contribution < 1.29 is 9.53 Å². The first kappa shape index (κ1) is 14.7. The fourth-order valence-electron chi connectivity index (χ4n) is 1.64. The molecule has 2 heterocycles. The molecule has 5 nitrogen and oxygen atoms in total. The summed E-state index contributed by atoms with van der Waals surface area (Å²) in [6.07, 6.45) is 3.36. The van der Waals surface area contributed by atoms with Crippen LogP contribution in [0.25, 0.3) is 5.65 Å². The number of carbonyl (C=O) groups is 1. The van der Waals surface area contributed by atoms with Crippen LogP contribution in [0.4, 0.5) is 4.79 Å². The summed E-state index contributed by atoms with van der Waals surface area (Å²) in [6, 6.07) is 5.98. The lowest BCUT2D eigenvalue weighted by Crippen LogP contribution is -2.27. The van der Waals surface area contributed by atoms with Crippen LogP contribution in [0.1, 0.15) is 13.8 Å². The van der Waals surface area contributed by atoms with E-state index in [1.165, 1.54) is 0 Å². The van der Waals surface area contributed by atoms with E-state index in [-0.39, 0.29) is 6.09 Å². The van der Waals surface area contributed by atoms with Crippen molar-refractivity contribution in [3.8, 4) is 0 Å². The number of hydrogen-bond acceptors (Lipinski definition) is 4. The van der Waals surface area contributed by atoms with E-state index in [2.05, 4.69) is 10.3 Å². The molecule has 0 radical (unpaired) electrons. The summed E-state index contributed by atoms with van der Waals surface area (Å²) in [4.78, 5) is 15.6. The fourth-order valence-corrected chi connectivity index (χ4v) is 2.52. The van der Waals surface area contributed by atoms with Gasteiger partial charge in [-0.25, -0.2) is 9.78 Å². The number of aromatic nitrogens is 2. The number of rotatable bonds is 6. The average Bonchev–Trinajstić information content (AvgIpc) is 2.90. The van der Waals surface area contributed by atoms with Crippen molar-refractivity contribution in [3.63, 3.8) is 0 Å². The number of alkyl carbamates (subject to hydrolysis) is 1. The monoisotopic (exact) mass is 293 g/mol. The molecule has 0 saturated heterocycles. The van der Waals surface area contributed by atoms with E-state index in [1.54, 1.807) is 18.0 Å². The predicted molar refractivity (Wildman–Crippen MR) is 80.1 cm³/mol. The van der Waals surface area contributed by atoms with Crippen molar-refractivity contribution in [1.29, 1.82) is 0 Å². The smallest absolute Gasteiger partial charge is 0.407 e. The third-order valence-electron chi connectivity index (χ3n) is 2.56. The summed E-state index contributed by atoms with van der Waals surface area (Å²) in [6.45, 7) is 5.05. The quantitative estimate of drug-likeness (QED) is 0.657. The highest BCUT2D eigenvalue weighted by atomic mass is 32.2. The summed E-state index contributed by atoms with van der Waals surface area (Å²) in [5, 5.41) is 3.85. The van der Waals surface area contributed by atoms with Crippen LogP contribution >= 0.6 is 11.8 Å². The number of amides is 1. The molecule has 0 atom stereocenters. The SMILES string of the molecule is CC(C)COC(=O)NCCSc1cccc2nccn12. The number of imidazole rings is 1. The van der Waals surface area contributed by atoms with Gasteiger partial charge in [-0.3, -0.25) is 4.40 Å². The Morgan fingerprint density at radius 3 is 3.15 bits per heavy atom. The number of ether oxygens (including phenoxy) is 1. The molecule has 108 valence electrons. The van der Waals surface area contributed by atoms with Gasteiger partial charge in [0.1, 0.15) is 5.65 Å². The van der Waals surface area contributed by atoms with E-state index in [0.717, 1.165) is 16.4 Å². The maximum absolute atomic E-state index is 11.4. The van der Waals surface area contributed by atoms with E-state index in [0.29, 0.717) is 19.1 Å². The molecule has 20 heavy (non-hydrogen) atoms. The molecule has 1 amide bonds. The first-order valence-electron chi connectivity index (χ1n) is 6.62. The van der Waals surface area contributed by atoms with Crippen molar-refractivity contribution in [3.05, 3.63) is 30.6 Å². The molecule has 0 aliphatic heterocycles. The fraction of sp³-hybridized carbons (Fsp3) is 0.429. The first-order chi connectivity index (χ1) is 9.66. The van der Waals surface area contributed by atoms with Crippen LogP contribution in [0, 0.1) is 5.92 Å². The second-order valence-electron chi connectivity index (χ2n) is 4.79. The lowest BCUT2D eigenvalue weighted by Gasteiger charge is -2.09. The Hall–Kier alpha value is -1.69. The van der Waals surface area contributed by atoms with Crippen LogP contribution in [-0.4, -0.2) is 34.4 Å². The second kappa shape index (κ2) is 7.19. The Balaban J connectivity index is 1.73. The van der Waals surface area contributed by atoms with Crippen molar-refractivity contribution in [2.45, 2.75) is 18.9 Å². The van der Waals surface area contributed by atoms with Gasteiger partial charge in [0.05, 0.1) is 11.6 Å². The molecule has 0 aromatic carbocycles. The standard InChI is InChI=1S/C14H19N3O2S/c1-11(2)10-19-14(18)16-7-9-20-13-5-3-4-12-15-6-8-17(12)13/h3-6,8,11H,7,9-10H2,1-2H3,(H,16,18). The molecule has 2 aromatic heterocycles. The van der Waals surface area contributed by atoms with Gasteiger partial charge in [0.15, 0.2) is 0 Å². The first-order valence-corrected chi connectivity index (χ1v) is 7.61. The molecule has 2 aromatic rings. The highest BCUT2D eigenvalue weighted by Crippen LogP contribution is 2.18. The summed E-state index contributed by atoms with van der Waals surface area (Å²) in [7, 11) is 0. The molecule has 0 fully saturated rings. The van der Waals surface area contributed by atoms with Crippen LogP contribution in [0.3, 0.4) is 0 Å². The topological polar surface area (TPSA) is 55.6 Å². The zero-order chi connectivity index (χ0) is 14.4. The van der Waals surface area contributed by atoms with Crippen LogP contribution in [0.15, 0.2) is 35.6 Å². The number of nitrogens with zero attached hydrogens (tertiary/aromatic N) is 2. The minimum atomic E-state index is -0.347. The van der Waals surface area contributed by atoms with E-state index >= 15 is 0 Å². The number of nitrogens with one attached hydrogen (secondary N) is 1. The molecule has 0 aliphatic carbocycles. The second-order valence-corrected chi connectivity index (χ2v) is 5.90. The molecule has 0 saturated carbocycles. The molecule has 1 N–H and O–H groups in total. The maximum atomic E-state index is 11.4. The molecule has 0 unspecified atom stereocenters. The van der Waals surface area contributed by atoms with Crippen LogP contribution in [0.5, 0.6) is 0 Å². The van der Waals surface area contributed by atoms with E-state index in [1.807, 2.05) is 42.6 Å². The number of hydrogen-bond donors (Lipinski definition) is 1. The van der Waals surface area contributed by atoms with Crippen LogP contribution in [-0.2, 0) is 4.74 Å². The Morgan fingerprint density at radius 2 is 2.35 bits per heavy atom.